The maximum atomic E-state index is 12.8. The highest BCUT2D eigenvalue weighted by molar-refractivity contribution is 6.44. The van der Waals surface area contributed by atoms with Gasteiger partial charge in [0.2, 0.25) is 0 Å². The molecule has 9 heteroatoms. The molecule has 3 aliphatic heterocycles. The normalized spacial score (nSPS) is 20.9. The Balaban J connectivity index is 1.61. The molecule has 0 aliphatic carbocycles. The third-order valence-corrected chi connectivity index (χ3v) is 6.73. The number of carbonyl (C=O) groups excluding carboxylic acids is 2. The molecule has 0 aromatic carbocycles. The summed E-state index contributed by atoms with van der Waals surface area (Å²) >= 11 is 0. The zero-order valence-corrected chi connectivity index (χ0v) is 19.8. The summed E-state index contributed by atoms with van der Waals surface area (Å²) in [7, 11) is 3.61. The summed E-state index contributed by atoms with van der Waals surface area (Å²) in [6, 6.07) is 3.86. The van der Waals surface area contributed by atoms with Crippen LogP contribution >= 0.6 is 0 Å². The average molecular weight is 450 g/mol. The van der Waals surface area contributed by atoms with Crippen LogP contribution < -0.4 is 10.2 Å². The monoisotopic (exact) mass is 449 g/mol. The summed E-state index contributed by atoms with van der Waals surface area (Å²) in [5, 5.41) is 2.98. The van der Waals surface area contributed by atoms with Crippen LogP contribution in [0.5, 0.6) is 0 Å². The van der Waals surface area contributed by atoms with Gasteiger partial charge in [0.25, 0.3) is 11.7 Å². The van der Waals surface area contributed by atoms with Crippen molar-refractivity contribution in [2.24, 2.45) is 10.4 Å². The molecule has 174 valence electrons. The minimum Gasteiger partial charge on any atom is -0.361 e. The van der Waals surface area contributed by atoms with Gasteiger partial charge in [-0.05, 0) is 30.4 Å². The van der Waals surface area contributed by atoms with E-state index in [4.69, 9.17) is 11.6 Å². The van der Waals surface area contributed by atoms with Gasteiger partial charge in [0, 0.05) is 58.3 Å². The number of allylic oxidation sites excluding steroid dienone is 1. The fraction of sp³-hybridized carbons (Fsp3) is 0.542. The van der Waals surface area contributed by atoms with Crippen molar-refractivity contribution in [3.8, 4) is 0 Å². The molecule has 3 aliphatic rings. The molecule has 0 atom stereocenters. The van der Waals surface area contributed by atoms with Crippen LogP contribution in [0.3, 0.4) is 0 Å². The SMILES string of the molecule is [C-]#[N+]C1=CCC(C(=O)Nc2ccc(C3CN(C)C(=O)N(C)C3)nc2N2CCC(C)(C)CC2)=N1. The van der Waals surface area contributed by atoms with Crippen LogP contribution in [-0.2, 0) is 4.79 Å². The molecule has 33 heavy (non-hydrogen) atoms. The Kier molecular flexibility index (Phi) is 6.11. The van der Waals surface area contributed by atoms with E-state index in [9.17, 15) is 9.59 Å². The first-order valence-electron chi connectivity index (χ1n) is 11.4. The van der Waals surface area contributed by atoms with Crippen molar-refractivity contribution in [2.75, 3.05) is 50.5 Å². The molecule has 0 spiro atoms. The standard InChI is InChI=1S/C24H31N7O2/c1-24(2)10-12-31(13-11-24)21-18(28-22(32)19-8-9-20(25-3)26-19)7-6-17(27-21)16-14-29(4)23(33)30(5)15-16/h6-7,9,16H,8,10-15H2,1-2,4-5H3,(H,28,32). The Labute approximate surface area is 195 Å². The third-order valence-electron chi connectivity index (χ3n) is 6.73. The van der Waals surface area contributed by atoms with E-state index in [0.717, 1.165) is 37.4 Å². The second kappa shape index (κ2) is 8.85. The van der Waals surface area contributed by atoms with Crippen LogP contribution in [0.4, 0.5) is 16.3 Å². The summed E-state index contributed by atoms with van der Waals surface area (Å²) in [5.41, 5.74) is 2.18. The number of hydrogen-bond acceptors (Lipinski definition) is 5. The van der Waals surface area contributed by atoms with Gasteiger partial charge in [-0.1, -0.05) is 26.5 Å². The highest BCUT2D eigenvalue weighted by Gasteiger charge is 2.32. The number of amides is 3. The summed E-state index contributed by atoms with van der Waals surface area (Å²) in [4.78, 5) is 43.1. The minimum atomic E-state index is -0.305. The first-order valence-corrected chi connectivity index (χ1v) is 11.4. The van der Waals surface area contributed by atoms with Crippen LogP contribution in [0.25, 0.3) is 4.85 Å². The van der Waals surface area contributed by atoms with E-state index in [1.165, 1.54) is 0 Å². The topological polar surface area (TPSA) is 85.5 Å². The molecule has 0 saturated carbocycles. The number of aromatic nitrogens is 1. The maximum absolute atomic E-state index is 12.8. The molecule has 2 fully saturated rings. The van der Waals surface area contributed by atoms with Crippen LogP contribution in [0.2, 0.25) is 0 Å². The first kappa shape index (κ1) is 22.8. The fourth-order valence-corrected chi connectivity index (χ4v) is 4.53. The van der Waals surface area contributed by atoms with Crippen molar-refractivity contribution in [2.45, 2.75) is 39.0 Å². The molecule has 2 saturated heterocycles. The fourth-order valence-electron chi connectivity index (χ4n) is 4.53. The first-order chi connectivity index (χ1) is 15.7. The smallest absolute Gasteiger partial charge is 0.319 e. The number of carbonyl (C=O) groups is 2. The number of pyridine rings is 1. The van der Waals surface area contributed by atoms with Gasteiger partial charge >= 0.3 is 6.03 Å². The van der Waals surface area contributed by atoms with Gasteiger partial charge in [0.05, 0.1) is 5.69 Å². The van der Waals surface area contributed by atoms with Crippen LogP contribution in [0.1, 0.15) is 44.7 Å². The highest BCUT2D eigenvalue weighted by Crippen LogP contribution is 2.35. The van der Waals surface area contributed by atoms with E-state index < -0.39 is 0 Å². The molecule has 1 aromatic rings. The van der Waals surface area contributed by atoms with E-state index in [0.29, 0.717) is 30.9 Å². The molecule has 0 bridgehead atoms. The van der Waals surface area contributed by atoms with E-state index in [1.54, 1.807) is 30.0 Å². The molecular weight excluding hydrogens is 418 g/mol. The lowest BCUT2D eigenvalue weighted by atomic mass is 9.82. The Bertz CT molecular complexity index is 1050. The quantitative estimate of drug-likeness (QED) is 0.715. The molecule has 9 nitrogen and oxygen atoms in total. The Morgan fingerprint density at radius 2 is 1.85 bits per heavy atom. The predicted octanol–water partition coefficient (Wildman–Crippen LogP) is 3.33. The minimum absolute atomic E-state index is 0.0124. The number of piperidine rings is 1. The maximum Gasteiger partial charge on any atom is 0.319 e. The Hall–Kier alpha value is -3.41. The Morgan fingerprint density at radius 1 is 1.18 bits per heavy atom. The molecule has 0 unspecified atom stereocenters. The van der Waals surface area contributed by atoms with Crippen molar-refractivity contribution in [3.63, 3.8) is 0 Å². The molecule has 0 radical (unpaired) electrons. The number of rotatable bonds is 4. The van der Waals surface area contributed by atoms with E-state index in [-0.39, 0.29) is 29.1 Å². The second-order valence-electron chi connectivity index (χ2n) is 9.89. The zero-order chi connectivity index (χ0) is 23.8. The Morgan fingerprint density at radius 3 is 2.45 bits per heavy atom. The number of likely N-dealkylation sites (N-methyl/N-ethyl adjacent to an activating group) is 2. The number of aliphatic imine (C=N–C) groups is 1. The van der Waals surface area contributed by atoms with Crippen molar-refractivity contribution in [1.29, 1.82) is 0 Å². The number of nitrogens with zero attached hydrogens (tertiary/aromatic N) is 6. The van der Waals surface area contributed by atoms with Gasteiger partial charge in [0.1, 0.15) is 0 Å². The van der Waals surface area contributed by atoms with Crippen LogP contribution in [0, 0.1) is 12.0 Å². The number of nitrogens with one attached hydrogen (secondary N) is 1. The number of urea groups is 1. The van der Waals surface area contributed by atoms with Crippen LogP contribution in [-0.4, -0.2) is 72.7 Å². The third kappa shape index (κ3) is 4.85. The highest BCUT2D eigenvalue weighted by atomic mass is 16.2. The summed E-state index contributed by atoms with van der Waals surface area (Å²) < 4.78 is 0. The van der Waals surface area contributed by atoms with Crippen molar-refractivity contribution >= 4 is 29.2 Å². The lowest BCUT2D eigenvalue weighted by Gasteiger charge is -2.39. The molecular formula is C24H31N7O2. The van der Waals surface area contributed by atoms with Gasteiger partial charge in [-0.15, -0.1) is 4.99 Å². The van der Waals surface area contributed by atoms with Gasteiger partial charge < -0.3 is 24.9 Å². The van der Waals surface area contributed by atoms with E-state index in [1.807, 2.05) is 12.1 Å². The van der Waals surface area contributed by atoms with Gasteiger partial charge in [-0.2, -0.15) is 0 Å². The van der Waals surface area contributed by atoms with Crippen LogP contribution in [0.15, 0.2) is 29.0 Å². The summed E-state index contributed by atoms with van der Waals surface area (Å²) in [5.74, 6) is 0.801. The van der Waals surface area contributed by atoms with E-state index >= 15 is 0 Å². The van der Waals surface area contributed by atoms with Crippen molar-refractivity contribution in [3.05, 3.63) is 41.1 Å². The average Bonchev–Trinajstić information content (AvgIpc) is 3.27. The number of hydrogen-bond donors (Lipinski definition) is 1. The largest absolute Gasteiger partial charge is 0.361 e. The predicted molar refractivity (Wildman–Crippen MR) is 128 cm³/mol. The molecule has 1 N–H and O–H groups in total. The van der Waals surface area contributed by atoms with Gasteiger partial charge in [0.15, 0.2) is 11.5 Å². The molecule has 4 rings (SSSR count). The number of anilines is 2. The van der Waals surface area contributed by atoms with Crippen molar-refractivity contribution < 1.29 is 9.59 Å². The van der Waals surface area contributed by atoms with Gasteiger partial charge in [-0.25, -0.2) is 9.78 Å². The second-order valence-corrected chi connectivity index (χ2v) is 9.89. The zero-order valence-electron chi connectivity index (χ0n) is 19.8. The van der Waals surface area contributed by atoms with E-state index in [2.05, 4.69) is 33.9 Å². The summed E-state index contributed by atoms with van der Waals surface area (Å²) in [6.07, 6.45) is 4.10. The summed E-state index contributed by atoms with van der Waals surface area (Å²) in [6.45, 7) is 14.6. The molecule has 1 aromatic heterocycles. The van der Waals surface area contributed by atoms with Gasteiger partial charge in [-0.3, -0.25) is 4.79 Å². The van der Waals surface area contributed by atoms with Crippen molar-refractivity contribution in [1.82, 2.24) is 14.8 Å². The molecule has 4 heterocycles. The molecule has 3 amide bonds. The lowest BCUT2D eigenvalue weighted by Crippen LogP contribution is -2.49. The lowest BCUT2D eigenvalue weighted by molar-refractivity contribution is -0.110.